The first kappa shape index (κ1) is 11.5. The van der Waals surface area contributed by atoms with Gasteiger partial charge in [0.25, 0.3) is 0 Å². The van der Waals surface area contributed by atoms with Crippen molar-refractivity contribution in [2.45, 2.75) is 37.7 Å². The van der Waals surface area contributed by atoms with Crippen molar-refractivity contribution in [1.82, 2.24) is 0 Å². The monoisotopic (exact) mass is 209 g/mol. The molecule has 0 aromatic rings. The maximum Gasteiger partial charge on any atom is 0.163 e. The number of ketones is 1. The molecule has 4 atom stereocenters. The summed E-state index contributed by atoms with van der Waals surface area (Å²) in [6, 6.07) is 0. The molecular formula is C8H16O6. The highest BCUT2D eigenvalue weighted by molar-refractivity contribution is 5.83. The van der Waals surface area contributed by atoms with Crippen molar-refractivity contribution in [3.05, 3.63) is 0 Å². The maximum atomic E-state index is 11.0. The molecule has 0 aliphatic heterocycles. The third-order valence-corrected chi connectivity index (χ3v) is 1.83. The molecule has 6 nitrogen and oxygen atoms in total. The Labute approximate surface area is 82.8 Å². The summed E-state index contributed by atoms with van der Waals surface area (Å²) < 4.78 is 6.73. The Kier molecular flexibility index (Phi) is 4.99. The van der Waals surface area contributed by atoms with Gasteiger partial charge in [-0.3, -0.25) is 4.79 Å². The first-order chi connectivity index (χ1) is 6.95. The SMILES string of the molecule is [2H]CCC(=O)[C@H](O)[C@@H](O)[C@@H](O)[C@H](O)CO. The van der Waals surface area contributed by atoms with Crippen LogP contribution in [0.1, 0.15) is 14.7 Å². The summed E-state index contributed by atoms with van der Waals surface area (Å²) in [7, 11) is 0. The van der Waals surface area contributed by atoms with Gasteiger partial charge in [0.2, 0.25) is 0 Å². The summed E-state index contributed by atoms with van der Waals surface area (Å²) in [5.41, 5.74) is 0. The minimum atomic E-state index is -1.87. The van der Waals surface area contributed by atoms with Crippen molar-refractivity contribution in [1.29, 1.82) is 0 Å². The van der Waals surface area contributed by atoms with Gasteiger partial charge in [0.1, 0.15) is 24.4 Å². The lowest BCUT2D eigenvalue weighted by Gasteiger charge is -2.24. The Morgan fingerprint density at radius 2 is 1.86 bits per heavy atom. The van der Waals surface area contributed by atoms with Crippen LogP contribution in [0.3, 0.4) is 0 Å². The Morgan fingerprint density at radius 3 is 2.29 bits per heavy atom. The average molecular weight is 209 g/mol. The zero-order valence-corrected chi connectivity index (χ0v) is 7.58. The molecule has 0 fully saturated rings. The molecule has 5 N–H and O–H groups in total. The lowest BCUT2D eigenvalue weighted by molar-refractivity contribution is -0.146. The summed E-state index contributed by atoms with van der Waals surface area (Å²) in [5.74, 6) is -0.790. The van der Waals surface area contributed by atoms with E-state index in [4.69, 9.17) is 16.7 Å². The fourth-order valence-corrected chi connectivity index (χ4v) is 0.861. The van der Waals surface area contributed by atoms with E-state index in [1.165, 1.54) is 0 Å². The molecule has 6 heteroatoms. The molecule has 0 saturated carbocycles. The molecule has 0 aliphatic rings. The number of Topliss-reactive ketones (excluding diaryl/α,β-unsaturated/α-hetero) is 1. The second kappa shape index (κ2) is 6.05. The van der Waals surface area contributed by atoms with Crippen molar-refractivity contribution in [3.63, 3.8) is 0 Å². The molecule has 0 rings (SSSR count). The van der Waals surface area contributed by atoms with Gasteiger partial charge in [0.15, 0.2) is 5.78 Å². The average Bonchev–Trinajstić information content (AvgIpc) is 2.25. The number of hydrogen-bond donors (Lipinski definition) is 5. The predicted octanol–water partition coefficient (Wildman–Crippen LogP) is -2.60. The topological polar surface area (TPSA) is 118 Å². The molecule has 0 bridgehead atoms. The quantitative estimate of drug-likeness (QED) is 0.327. The van der Waals surface area contributed by atoms with Crippen molar-refractivity contribution < 1.29 is 31.7 Å². The standard InChI is InChI=1S/C8H16O6/c1-2-4(10)6(12)8(14)7(13)5(11)3-9/h5-9,11-14H,2-3H2,1H3/t5-,6+,7+,8-/m1/s1/i1D. The number of carbonyl (C=O) groups excluding carboxylic acids is 1. The summed E-state index contributed by atoms with van der Waals surface area (Å²) in [6.07, 6.45) is -7.41. The van der Waals surface area contributed by atoms with E-state index in [0.717, 1.165) is 0 Å². The van der Waals surface area contributed by atoms with E-state index in [0.29, 0.717) is 0 Å². The van der Waals surface area contributed by atoms with Crippen molar-refractivity contribution >= 4 is 5.78 Å². The van der Waals surface area contributed by atoms with Crippen LogP contribution in [0.2, 0.25) is 0 Å². The Morgan fingerprint density at radius 1 is 1.29 bits per heavy atom. The Balaban J connectivity index is 4.29. The molecule has 0 radical (unpaired) electrons. The zero-order chi connectivity index (χ0) is 12.0. The fraction of sp³-hybridized carbons (Fsp3) is 0.875. The van der Waals surface area contributed by atoms with Crippen LogP contribution >= 0.6 is 0 Å². The van der Waals surface area contributed by atoms with E-state index in [2.05, 4.69) is 0 Å². The highest BCUT2D eigenvalue weighted by atomic mass is 16.4. The number of carbonyl (C=O) groups is 1. The van der Waals surface area contributed by atoms with E-state index in [9.17, 15) is 15.0 Å². The van der Waals surface area contributed by atoms with Crippen LogP contribution in [0.4, 0.5) is 0 Å². The number of aliphatic hydroxyl groups excluding tert-OH is 5. The predicted molar refractivity (Wildman–Crippen MR) is 46.4 cm³/mol. The second-order valence-electron chi connectivity index (χ2n) is 2.89. The van der Waals surface area contributed by atoms with Crippen molar-refractivity contribution in [2.24, 2.45) is 0 Å². The molecule has 84 valence electrons. The third-order valence-electron chi connectivity index (χ3n) is 1.83. The molecule has 0 unspecified atom stereocenters. The smallest absolute Gasteiger partial charge is 0.163 e. The van der Waals surface area contributed by atoms with E-state index >= 15 is 0 Å². The van der Waals surface area contributed by atoms with Crippen LogP contribution in [0, 0.1) is 0 Å². The van der Waals surface area contributed by atoms with Crippen LogP contribution in [0.15, 0.2) is 0 Å². The molecule has 14 heavy (non-hydrogen) atoms. The van der Waals surface area contributed by atoms with Crippen LogP contribution < -0.4 is 0 Å². The molecule has 0 aromatic heterocycles. The Bertz CT molecular complexity index is 200. The first-order valence-corrected chi connectivity index (χ1v) is 4.10. The van der Waals surface area contributed by atoms with Gasteiger partial charge in [-0.15, -0.1) is 0 Å². The minimum Gasteiger partial charge on any atom is -0.394 e. The molecule has 0 heterocycles. The minimum absolute atomic E-state index is 0.235. The summed E-state index contributed by atoms with van der Waals surface area (Å²) in [4.78, 5) is 11.0. The third kappa shape index (κ3) is 3.32. The van der Waals surface area contributed by atoms with E-state index in [1.54, 1.807) is 0 Å². The van der Waals surface area contributed by atoms with Gasteiger partial charge >= 0.3 is 0 Å². The van der Waals surface area contributed by atoms with Gasteiger partial charge < -0.3 is 25.5 Å². The van der Waals surface area contributed by atoms with Crippen molar-refractivity contribution in [2.75, 3.05) is 6.61 Å². The maximum absolute atomic E-state index is 11.0. The number of rotatable bonds is 6. The molecule has 0 amide bonds. The normalized spacial score (nSPS) is 20.8. The summed E-state index contributed by atoms with van der Waals surface area (Å²) in [5, 5.41) is 45.0. The molecule has 0 saturated heterocycles. The molecule has 0 aromatic carbocycles. The van der Waals surface area contributed by atoms with Gasteiger partial charge in [-0.05, 0) is 0 Å². The number of aliphatic hydroxyl groups is 5. The lowest BCUT2D eigenvalue weighted by Crippen LogP contribution is -2.48. The first-order valence-electron chi connectivity index (χ1n) is 4.81. The highest BCUT2D eigenvalue weighted by Gasteiger charge is 2.32. The summed E-state index contributed by atoms with van der Waals surface area (Å²) in [6.45, 7) is -1.03. The highest BCUT2D eigenvalue weighted by Crippen LogP contribution is 2.07. The molecule has 0 spiro atoms. The van der Waals surface area contributed by atoms with Crippen LogP contribution in [0.25, 0.3) is 0 Å². The molecular weight excluding hydrogens is 192 g/mol. The van der Waals surface area contributed by atoms with Gasteiger partial charge in [0.05, 0.1) is 6.61 Å². The Hall–Kier alpha value is -0.530. The fourth-order valence-electron chi connectivity index (χ4n) is 0.861. The van der Waals surface area contributed by atoms with E-state index in [-0.39, 0.29) is 13.3 Å². The van der Waals surface area contributed by atoms with Crippen molar-refractivity contribution in [3.8, 4) is 0 Å². The van der Waals surface area contributed by atoms with Gasteiger partial charge in [0, 0.05) is 7.79 Å². The van der Waals surface area contributed by atoms with E-state index in [1.807, 2.05) is 0 Å². The zero-order valence-electron chi connectivity index (χ0n) is 8.58. The number of hydrogen-bond acceptors (Lipinski definition) is 6. The summed E-state index contributed by atoms with van der Waals surface area (Å²) >= 11 is 0. The van der Waals surface area contributed by atoms with Crippen LogP contribution in [-0.2, 0) is 4.79 Å². The van der Waals surface area contributed by atoms with Gasteiger partial charge in [-0.2, -0.15) is 0 Å². The van der Waals surface area contributed by atoms with Crippen LogP contribution in [0.5, 0.6) is 0 Å². The van der Waals surface area contributed by atoms with Gasteiger partial charge in [-0.1, -0.05) is 6.90 Å². The van der Waals surface area contributed by atoms with Crippen LogP contribution in [-0.4, -0.2) is 62.3 Å². The largest absolute Gasteiger partial charge is 0.394 e. The van der Waals surface area contributed by atoms with E-state index < -0.39 is 36.8 Å². The lowest BCUT2D eigenvalue weighted by atomic mass is 9.99. The molecule has 0 aliphatic carbocycles. The second-order valence-corrected chi connectivity index (χ2v) is 2.89. The van der Waals surface area contributed by atoms with Gasteiger partial charge in [-0.25, -0.2) is 0 Å².